The van der Waals surface area contributed by atoms with Crippen molar-refractivity contribution in [3.05, 3.63) is 34.9 Å². The predicted octanol–water partition coefficient (Wildman–Crippen LogP) is 2.94. The van der Waals surface area contributed by atoms with Crippen LogP contribution in [0.2, 0.25) is 0 Å². The molecule has 27 heavy (non-hydrogen) atoms. The van der Waals surface area contributed by atoms with Gasteiger partial charge in [0, 0.05) is 0 Å². The highest BCUT2D eigenvalue weighted by atomic mass is 16.6. The van der Waals surface area contributed by atoms with Gasteiger partial charge in [0.2, 0.25) is 0 Å². The van der Waals surface area contributed by atoms with Crippen LogP contribution in [0.5, 0.6) is 0 Å². The third-order valence-corrected chi connectivity index (χ3v) is 5.14. The average molecular weight is 376 g/mol. The van der Waals surface area contributed by atoms with Crippen LogP contribution in [0.1, 0.15) is 49.3 Å². The number of nitrogens with zero attached hydrogens (tertiary/aromatic N) is 2. The quantitative estimate of drug-likeness (QED) is 0.468. The number of aryl methyl sites for hydroxylation is 2. The van der Waals surface area contributed by atoms with Gasteiger partial charge < -0.3 is 9.57 Å². The number of carbonyl (C=O) groups excluding carboxylic acids is 2. The van der Waals surface area contributed by atoms with Crippen molar-refractivity contribution in [1.82, 2.24) is 5.06 Å². The van der Waals surface area contributed by atoms with Crippen LogP contribution in [0.25, 0.3) is 0 Å². The van der Waals surface area contributed by atoms with E-state index in [0.717, 1.165) is 22.4 Å². The lowest BCUT2D eigenvalue weighted by molar-refractivity contribution is -0.210. The standard InChI is InChI=1S/C20H28N2O5/c1-5-27-19(24)20(11-9-16(10-12-20)21-26-4)22(25)18(23)13-17-14(2)7-6-8-15(17)3/h6-8,25H,5,9-13H2,1-4H3. The number of hydrogen-bond donors (Lipinski definition) is 1. The molecule has 2 rings (SSSR count). The molecule has 1 aliphatic rings. The first-order valence-electron chi connectivity index (χ1n) is 9.19. The van der Waals surface area contributed by atoms with Gasteiger partial charge in [-0.25, -0.2) is 9.86 Å². The second-order valence-electron chi connectivity index (χ2n) is 6.84. The highest BCUT2D eigenvalue weighted by Crippen LogP contribution is 2.34. The molecule has 0 aromatic heterocycles. The van der Waals surface area contributed by atoms with Crippen LogP contribution in [0.3, 0.4) is 0 Å². The Kier molecular flexibility index (Phi) is 6.96. The molecule has 1 aliphatic carbocycles. The van der Waals surface area contributed by atoms with Gasteiger partial charge in [-0.3, -0.25) is 10.0 Å². The van der Waals surface area contributed by atoms with Gasteiger partial charge in [-0.15, -0.1) is 0 Å². The van der Waals surface area contributed by atoms with Gasteiger partial charge in [-0.05, 0) is 63.1 Å². The second kappa shape index (κ2) is 8.99. The number of ether oxygens (including phenoxy) is 1. The number of hydrogen-bond acceptors (Lipinski definition) is 6. The van der Waals surface area contributed by atoms with Gasteiger partial charge in [-0.2, -0.15) is 0 Å². The van der Waals surface area contributed by atoms with Crippen LogP contribution in [0, 0.1) is 13.8 Å². The van der Waals surface area contributed by atoms with Crippen molar-refractivity contribution >= 4 is 17.6 Å². The Hall–Kier alpha value is -2.41. The number of rotatable bonds is 6. The first-order valence-corrected chi connectivity index (χ1v) is 9.19. The monoisotopic (exact) mass is 376 g/mol. The number of hydroxylamine groups is 2. The van der Waals surface area contributed by atoms with E-state index in [-0.39, 0.29) is 25.9 Å². The molecule has 0 unspecified atom stereocenters. The van der Waals surface area contributed by atoms with Crippen molar-refractivity contribution in [2.45, 2.75) is 58.4 Å². The van der Waals surface area contributed by atoms with Gasteiger partial charge in [0.25, 0.3) is 5.91 Å². The summed E-state index contributed by atoms with van der Waals surface area (Å²) in [6.45, 7) is 5.73. The van der Waals surface area contributed by atoms with Gasteiger partial charge in [0.15, 0.2) is 5.54 Å². The zero-order valence-corrected chi connectivity index (χ0v) is 16.4. The Morgan fingerprint density at radius 3 is 2.33 bits per heavy atom. The molecule has 1 aromatic carbocycles. The molecule has 0 heterocycles. The summed E-state index contributed by atoms with van der Waals surface area (Å²) in [7, 11) is 1.46. The lowest BCUT2D eigenvalue weighted by Crippen LogP contribution is -2.58. The fraction of sp³-hybridized carbons (Fsp3) is 0.550. The molecule has 1 saturated carbocycles. The summed E-state index contributed by atoms with van der Waals surface area (Å²) in [5.41, 5.74) is 2.21. The molecule has 0 radical (unpaired) electrons. The predicted molar refractivity (Wildman–Crippen MR) is 101 cm³/mol. The third-order valence-electron chi connectivity index (χ3n) is 5.14. The van der Waals surface area contributed by atoms with E-state index in [2.05, 4.69) is 5.16 Å². The average Bonchev–Trinajstić information content (AvgIpc) is 2.65. The van der Waals surface area contributed by atoms with E-state index < -0.39 is 17.4 Å². The summed E-state index contributed by atoms with van der Waals surface area (Å²) in [5.74, 6) is -1.11. The van der Waals surface area contributed by atoms with Crippen LogP contribution in [-0.4, -0.2) is 47.1 Å². The minimum Gasteiger partial charge on any atom is -0.464 e. The van der Waals surface area contributed by atoms with Crippen LogP contribution >= 0.6 is 0 Å². The van der Waals surface area contributed by atoms with Crippen molar-refractivity contribution in [2.24, 2.45) is 5.16 Å². The Morgan fingerprint density at radius 1 is 1.22 bits per heavy atom. The van der Waals surface area contributed by atoms with Gasteiger partial charge in [0.05, 0.1) is 18.7 Å². The fourth-order valence-corrected chi connectivity index (χ4v) is 3.53. The molecule has 1 fully saturated rings. The van der Waals surface area contributed by atoms with Crippen molar-refractivity contribution in [1.29, 1.82) is 0 Å². The van der Waals surface area contributed by atoms with E-state index in [1.54, 1.807) is 6.92 Å². The molecule has 1 N–H and O–H groups in total. The molecule has 0 spiro atoms. The molecule has 0 atom stereocenters. The van der Waals surface area contributed by atoms with Gasteiger partial charge >= 0.3 is 5.97 Å². The number of benzene rings is 1. The van der Waals surface area contributed by atoms with Crippen LogP contribution in [0.15, 0.2) is 23.4 Å². The Bertz CT molecular complexity index is 699. The summed E-state index contributed by atoms with van der Waals surface area (Å²) >= 11 is 0. The molecule has 7 nitrogen and oxygen atoms in total. The van der Waals surface area contributed by atoms with E-state index >= 15 is 0 Å². The van der Waals surface area contributed by atoms with Crippen molar-refractivity contribution in [3.8, 4) is 0 Å². The highest BCUT2D eigenvalue weighted by molar-refractivity contribution is 5.92. The normalized spacial score (nSPS) is 19.4. The van der Waals surface area contributed by atoms with E-state index in [0.29, 0.717) is 17.9 Å². The first kappa shape index (κ1) is 20.9. The second-order valence-corrected chi connectivity index (χ2v) is 6.84. The van der Waals surface area contributed by atoms with Crippen molar-refractivity contribution < 1.29 is 24.4 Å². The van der Waals surface area contributed by atoms with Crippen molar-refractivity contribution in [2.75, 3.05) is 13.7 Å². The molecular formula is C20H28N2O5. The molecule has 1 aromatic rings. The van der Waals surface area contributed by atoms with E-state index in [1.165, 1.54) is 7.11 Å². The number of carbonyl (C=O) groups is 2. The minimum atomic E-state index is -1.39. The SMILES string of the molecule is CCOC(=O)C1(N(O)C(=O)Cc2c(C)cccc2C)CCC(=NOC)CC1. The zero-order chi connectivity index (χ0) is 20.0. The number of oxime groups is 1. The fourth-order valence-electron chi connectivity index (χ4n) is 3.53. The summed E-state index contributed by atoms with van der Waals surface area (Å²) < 4.78 is 5.18. The topological polar surface area (TPSA) is 88.4 Å². The number of esters is 1. The van der Waals surface area contributed by atoms with E-state index in [4.69, 9.17) is 9.57 Å². The molecular weight excluding hydrogens is 348 g/mol. The van der Waals surface area contributed by atoms with Crippen LogP contribution < -0.4 is 0 Å². The Labute approximate surface area is 159 Å². The highest BCUT2D eigenvalue weighted by Gasteiger charge is 2.49. The molecule has 0 bridgehead atoms. The summed E-state index contributed by atoms with van der Waals surface area (Å²) in [6.07, 6.45) is 1.39. The smallest absolute Gasteiger partial charge is 0.334 e. The Balaban J connectivity index is 2.26. The molecule has 0 aliphatic heterocycles. The van der Waals surface area contributed by atoms with Crippen LogP contribution in [-0.2, 0) is 25.6 Å². The maximum Gasteiger partial charge on any atom is 0.334 e. The summed E-state index contributed by atoms with van der Waals surface area (Å²) in [4.78, 5) is 30.3. The van der Waals surface area contributed by atoms with Crippen molar-refractivity contribution in [3.63, 3.8) is 0 Å². The van der Waals surface area contributed by atoms with Crippen LogP contribution in [0.4, 0.5) is 0 Å². The van der Waals surface area contributed by atoms with E-state index in [9.17, 15) is 14.8 Å². The largest absolute Gasteiger partial charge is 0.464 e. The zero-order valence-electron chi connectivity index (χ0n) is 16.4. The third kappa shape index (κ3) is 4.47. The number of amides is 1. The van der Waals surface area contributed by atoms with E-state index in [1.807, 2.05) is 32.0 Å². The van der Waals surface area contributed by atoms with Gasteiger partial charge in [0.1, 0.15) is 7.11 Å². The minimum absolute atomic E-state index is 0.0230. The lowest BCUT2D eigenvalue weighted by Gasteiger charge is -2.40. The van der Waals surface area contributed by atoms with Gasteiger partial charge in [-0.1, -0.05) is 23.4 Å². The molecule has 148 valence electrons. The first-order chi connectivity index (χ1) is 12.9. The molecule has 0 saturated heterocycles. The summed E-state index contributed by atoms with van der Waals surface area (Å²) in [5, 5.41) is 15.3. The summed E-state index contributed by atoms with van der Waals surface area (Å²) in [6, 6.07) is 5.77. The lowest BCUT2D eigenvalue weighted by atomic mass is 9.80. The maximum atomic E-state index is 12.9. The maximum absolute atomic E-state index is 12.9. The Morgan fingerprint density at radius 2 is 1.81 bits per heavy atom. The molecule has 7 heteroatoms. The molecule has 1 amide bonds.